The molecule has 0 saturated heterocycles. The Morgan fingerprint density at radius 1 is 0.833 bits per heavy atom. The first-order valence-corrected chi connectivity index (χ1v) is 9.57. The molecule has 2 aromatic rings. The lowest BCUT2D eigenvalue weighted by atomic mass is 10.1. The minimum absolute atomic E-state index is 0.0645. The molecule has 1 aromatic heterocycles. The van der Waals surface area contributed by atoms with E-state index in [1.165, 1.54) is 57.8 Å². The molecule has 0 atom stereocenters. The van der Waals surface area contributed by atoms with E-state index in [0.29, 0.717) is 0 Å². The number of para-hydroxylation sites is 1. The standard InChI is InChI=1S/C21H32N2O/c1-3-4-5-6-7-8-9-10-12-17-20-18-21(24)23(22(20)2)19-15-13-11-14-16-19/h11,13-16,18H,3-10,12,17H2,1-2H3. The second-order valence-corrected chi connectivity index (χ2v) is 6.72. The number of hydrogen-bond acceptors (Lipinski definition) is 1. The van der Waals surface area contributed by atoms with Gasteiger partial charge in [0.1, 0.15) is 0 Å². The monoisotopic (exact) mass is 328 g/mol. The van der Waals surface area contributed by atoms with Gasteiger partial charge in [-0.3, -0.25) is 9.48 Å². The summed E-state index contributed by atoms with van der Waals surface area (Å²) in [5, 5.41) is 0. The summed E-state index contributed by atoms with van der Waals surface area (Å²) in [4.78, 5) is 12.3. The third-order valence-electron chi connectivity index (χ3n) is 4.75. The van der Waals surface area contributed by atoms with Gasteiger partial charge in [0.25, 0.3) is 5.56 Å². The topological polar surface area (TPSA) is 26.9 Å². The molecule has 2 rings (SSSR count). The van der Waals surface area contributed by atoms with Crippen LogP contribution in [0.25, 0.3) is 5.69 Å². The average molecular weight is 328 g/mol. The van der Waals surface area contributed by atoms with Crippen molar-refractivity contribution < 1.29 is 0 Å². The van der Waals surface area contributed by atoms with Crippen molar-refractivity contribution in [2.24, 2.45) is 7.05 Å². The third-order valence-corrected chi connectivity index (χ3v) is 4.75. The molecular weight excluding hydrogens is 296 g/mol. The number of rotatable bonds is 11. The molecule has 132 valence electrons. The van der Waals surface area contributed by atoms with E-state index in [-0.39, 0.29) is 5.56 Å². The van der Waals surface area contributed by atoms with E-state index in [9.17, 15) is 4.79 Å². The van der Waals surface area contributed by atoms with Crippen LogP contribution in [-0.4, -0.2) is 9.36 Å². The van der Waals surface area contributed by atoms with Crippen LogP contribution in [0.5, 0.6) is 0 Å². The zero-order valence-corrected chi connectivity index (χ0v) is 15.3. The molecule has 0 aliphatic rings. The van der Waals surface area contributed by atoms with Gasteiger partial charge in [0, 0.05) is 18.8 Å². The van der Waals surface area contributed by atoms with Gasteiger partial charge in [0.15, 0.2) is 0 Å². The maximum atomic E-state index is 12.3. The summed E-state index contributed by atoms with van der Waals surface area (Å²) in [6, 6.07) is 11.6. The Bertz CT molecular complexity index is 640. The van der Waals surface area contributed by atoms with E-state index < -0.39 is 0 Å². The molecule has 1 heterocycles. The van der Waals surface area contributed by atoms with E-state index in [2.05, 4.69) is 6.92 Å². The molecule has 0 saturated carbocycles. The van der Waals surface area contributed by atoms with Crippen molar-refractivity contribution in [3.63, 3.8) is 0 Å². The molecule has 0 spiro atoms. The van der Waals surface area contributed by atoms with Crippen LogP contribution in [0.1, 0.15) is 70.4 Å². The first-order valence-electron chi connectivity index (χ1n) is 9.57. The van der Waals surface area contributed by atoms with Gasteiger partial charge >= 0.3 is 0 Å². The second-order valence-electron chi connectivity index (χ2n) is 6.72. The van der Waals surface area contributed by atoms with Crippen molar-refractivity contribution in [1.29, 1.82) is 0 Å². The van der Waals surface area contributed by atoms with Crippen molar-refractivity contribution in [2.45, 2.75) is 71.1 Å². The lowest BCUT2D eigenvalue weighted by molar-refractivity contribution is 0.553. The second kappa shape index (κ2) is 10.2. The number of unbranched alkanes of at least 4 members (excludes halogenated alkanes) is 8. The van der Waals surface area contributed by atoms with Crippen molar-refractivity contribution in [3.05, 3.63) is 52.4 Å². The number of hydrogen-bond donors (Lipinski definition) is 0. The van der Waals surface area contributed by atoms with Crippen LogP contribution < -0.4 is 5.56 Å². The number of aromatic nitrogens is 2. The lowest BCUT2D eigenvalue weighted by Crippen LogP contribution is -2.19. The zero-order chi connectivity index (χ0) is 17.2. The summed E-state index contributed by atoms with van der Waals surface area (Å²) in [7, 11) is 1.98. The Morgan fingerprint density at radius 3 is 2.04 bits per heavy atom. The minimum Gasteiger partial charge on any atom is -0.285 e. The Hall–Kier alpha value is -1.77. The summed E-state index contributed by atoms with van der Waals surface area (Å²) < 4.78 is 3.76. The molecule has 0 fully saturated rings. The van der Waals surface area contributed by atoms with Crippen LogP contribution in [0.4, 0.5) is 0 Å². The highest BCUT2D eigenvalue weighted by atomic mass is 16.1. The molecule has 0 bridgehead atoms. The molecule has 0 amide bonds. The van der Waals surface area contributed by atoms with Crippen LogP contribution >= 0.6 is 0 Å². The quantitative estimate of drug-likeness (QED) is 0.518. The summed E-state index contributed by atoms with van der Waals surface area (Å²) in [6.07, 6.45) is 13.0. The predicted octanol–water partition coefficient (Wildman–Crippen LogP) is 5.25. The fourth-order valence-electron chi connectivity index (χ4n) is 3.29. The third kappa shape index (κ3) is 5.40. The van der Waals surface area contributed by atoms with Crippen LogP contribution in [-0.2, 0) is 13.5 Å². The maximum Gasteiger partial charge on any atom is 0.271 e. The maximum absolute atomic E-state index is 12.3. The Kier molecular flexibility index (Phi) is 7.87. The van der Waals surface area contributed by atoms with Gasteiger partial charge in [-0.05, 0) is 25.0 Å². The van der Waals surface area contributed by atoms with Gasteiger partial charge in [0.2, 0.25) is 0 Å². The van der Waals surface area contributed by atoms with Crippen LogP contribution in [0.2, 0.25) is 0 Å². The lowest BCUT2D eigenvalue weighted by Gasteiger charge is -2.10. The molecule has 0 aliphatic carbocycles. The molecule has 0 N–H and O–H groups in total. The van der Waals surface area contributed by atoms with E-state index in [4.69, 9.17) is 0 Å². The molecular formula is C21H32N2O. The van der Waals surface area contributed by atoms with Gasteiger partial charge < -0.3 is 0 Å². The largest absolute Gasteiger partial charge is 0.285 e. The first kappa shape index (κ1) is 18.6. The van der Waals surface area contributed by atoms with E-state index in [1.807, 2.05) is 42.1 Å². The van der Waals surface area contributed by atoms with E-state index >= 15 is 0 Å². The molecule has 1 aromatic carbocycles. The highest BCUT2D eigenvalue weighted by molar-refractivity contribution is 5.31. The molecule has 0 radical (unpaired) electrons. The zero-order valence-electron chi connectivity index (χ0n) is 15.3. The van der Waals surface area contributed by atoms with Gasteiger partial charge in [-0.1, -0.05) is 76.5 Å². The van der Waals surface area contributed by atoms with Gasteiger partial charge in [-0.2, -0.15) is 0 Å². The van der Waals surface area contributed by atoms with E-state index in [0.717, 1.165) is 17.8 Å². The van der Waals surface area contributed by atoms with Crippen LogP contribution in [0.15, 0.2) is 41.2 Å². The normalized spacial score (nSPS) is 11.1. The van der Waals surface area contributed by atoms with Gasteiger partial charge in [-0.25, -0.2) is 4.68 Å². The first-order chi connectivity index (χ1) is 11.7. The van der Waals surface area contributed by atoms with Gasteiger partial charge in [0.05, 0.1) is 5.69 Å². The molecule has 0 unspecified atom stereocenters. The number of nitrogens with zero attached hydrogens (tertiary/aromatic N) is 2. The molecule has 24 heavy (non-hydrogen) atoms. The predicted molar refractivity (Wildman–Crippen MR) is 102 cm³/mol. The van der Waals surface area contributed by atoms with Gasteiger partial charge in [-0.15, -0.1) is 0 Å². The number of benzene rings is 1. The Balaban J connectivity index is 1.75. The van der Waals surface area contributed by atoms with Crippen molar-refractivity contribution >= 4 is 0 Å². The Labute approximate surface area is 146 Å². The summed E-state index contributed by atoms with van der Waals surface area (Å²) in [5.74, 6) is 0. The fourth-order valence-corrected chi connectivity index (χ4v) is 3.29. The summed E-state index contributed by atoms with van der Waals surface area (Å²) in [5.41, 5.74) is 2.13. The number of aryl methyl sites for hydroxylation is 1. The van der Waals surface area contributed by atoms with Crippen LogP contribution in [0, 0.1) is 0 Å². The van der Waals surface area contributed by atoms with Crippen molar-refractivity contribution in [2.75, 3.05) is 0 Å². The average Bonchev–Trinajstić information content (AvgIpc) is 2.88. The van der Waals surface area contributed by atoms with E-state index in [1.54, 1.807) is 10.7 Å². The van der Waals surface area contributed by atoms with Crippen LogP contribution in [0.3, 0.4) is 0 Å². The Morgan fingerprint density at radius 2 is 1.42 bits per heavy atom. The summed E-state index contributed by atoms with van der Waals surface area (Å²) >= 11 is 0. The fraction of sp³-hybridized carbons (Fsp3) is 0.571. The molecule has 3 heteroatoms. The molecule has 0 aliphatic heterocycles. The van der Waals surface area contributed by atoms with Crippen molar-refractivity contribution in [3.8, 4) is 5.69 Å². The smallest absolute Gasteiger partial charge is 0.271 e. The molecule has 3 nitrogen and oxygen atoms in total. The SMILES string of the molecule is CCCCCCCCCCCc1cc(=O)n(-c2ccccc2)n1C. The summed E-state index contributed by atoms with van der Waals surface area (Å²) in [6.45, 7) is 2.26. The van der Waals surface area contributed by atoms with Crippen molar-refractivity contribution in [1.82, 2.24) is 9.36 Å². The highest BCUT2D eigenvalue weighted by Gasteiger charge is 2.09. The minimum atomic E-state index is 0.0645. The highest BCUT2D eigenvalue weighted by Crippen LogP contribution is 2.12.